The number of carbonyl (C=O) groups excluding carboxylic acids is 2. The summed E-state index contributed by atoms with van der Waals surface area (Å²) in [5, 5.41) is 0.410. The molecule has 0 radical (unpaired) electrons. The Morgan fingerprint density at radius 3 is 2.73 bits per heavy atom. The molecule has 1 saturated heterocycles. The van der Waals surface area contributed by atoms with E-state index in [1.165, 1.54) is 16.2 Å². The molecule has 1 aliphatic heterocycles. The van der Waals surface area contributed by atoms with Crippen molar-refractivity contribution in [3.8, 4) is 0 Å². The largest absolute Gasteiger partial charge is 0.444 e. The van der Waals surface area contributed by atoms with E-state index in [2.05, 4.69) is 4.98 Å². The lowest BCUT2D eigenvalue weighted by molar-refractivity contribution is -0.123. The van der Waals surface area contributed by atoms with Gasteiger partial charge in [-0.05, 0) is 52.2 Å². The minimum Gasteiger partial charge on any atom is -0.444 e. The fraction of sp³-hybridized carbons (Fsp3) is 0.500. The highest BCUT2D eigenvalue weighted by Crippen LogP contribution is 2.31. The number of anilines is 1. The Balaban J connectivity index is 1.80. The van der Waals surface area contributed by atoms with Crippen molar-refractivity contribution < 1.29 is 14.3 Å². The maximum absolute atomic E-state index is 13.0. The van der Waals surface area contributed by atoms with E-state index < -0.39 is 17.7 Å². The number of fused-ring (bicyclic) bond motifs is 1. The van der Waals surface area contributed by atoms with Crippen LogP contribution in [0, 0.1) is 0 Å². The van der Waals surface area contributed by atoms with Gasteiger partial charge in [-0.3, -0.25) is 9.69 Å². The number of piperidine rings is 1. The molecule has 2 aromatic rings. The molecule has 0 N–H and O–H groups in total. The number of para-hydroxylation sites is 1. The molecule has 0 aliphatic carbocycles. The second-order valence-electron chi connectivity index (χ2n) is 7.27. The van der Waals surface area contributed by atoms with E-state index in [0.29, 0.717) is 18.1 Å². The topological polar surface area (TPSA) is 62.7 Å². The minimum atomic E-state index is -0.636. The van der Waals surface area contributed by atoms with Crippen molar-refractivity contribution in [2.75, 3.05) is 11.0 Å². The molecule has 2 heterocycles. The molecular weight excluding hydrogens is 374 g/mol. The monoisotopic (exact) mass is 395 g/mol. The van der Waals surface area contributed by atoms with Crippen molar-refractivity contribution in [2.24, 2.45) is 0 Å². The van der Waals surface area contributed by atoms with Crippen LogP contribution in [0.1, 0.15) is 40.0 Å². The number of hydrogen-bond donors (Lipinski definition) is 0. The van der Waals surface area contributed by atoms with Gasteiger partial charge in [0.2, 0.25) is 5.13 Å². The van der Waals surface area contributed by atoms with E-state index in [-0.39, 0.29) is 5.91 Å². The van der Waals surface area contributed by atoms with Crippen molar-refractivity contribution in [3.05, 3.63) is 24.3 Å². The van der Waals surface area contributed by atoms with Gasteiger partial charge >= 0.3 is 6.09 Å². The number of ether oxygens (including phenoxy) is 1. The van der Waals surface area contributed by atoms with E-state index in [1.54, 1.807) is 20.8 Å². The van der Waals surface area contributed by atoms with Crippen molar-refractivity contribution in [1.82, 2.24) is 9.88 Å². The summed E-state index contributed by atoms with van der Waals surface area (Å²) in [6.45, 7) is 5.90. The predicted molar refractivity (Wildman–Crippen MR) is 104 cm³/mol. The van der Waals surface area contributed by atoms with Crippen molar-refractivity contribution in [3.63, 3.8) is 0 Å². The van der Waals surface area contributed by atoms with E-state index in [9.17, 15) is 9.59 Å². The van der Waals surface area contributed by atoms with Crippen LogP contribution in [0.5, 0.6) is 0 Å². The second-order valence-corrected chi connectivity index (χ2v) is 8.62. The number of hydrogen-bond acceptors (Lipinski definition) is 5. The number of carbonyl (C=O) groups is 2. The molecule has 1 aliphatic rings. The molecular formula is C18H22ClN3O3S. The van der Waals surface area contributed by atoms with Crippen LogP contribution >= 0.6 is 23.1 Å². The standard InChI is InChI=1S/C18H22ClN3O3S/c1-18(2,3)25-17(24)21-11-7-6-9-13(21)15(23)22(19)16-20-12-8-4-5-10-14(12)26-16/h4-5,8,10,13H,6-7,9,11H2,1-3H3. The third-order valence-corrected chi connectivity index (χ3v) is 5.51. The lowest BCUT2D eigenvalue weighted by atomic mass is 10.0. The summed E-state index contributed by atoms with van der Waals surface area (Å²) >= 11 is 7.66. The molecule has 6 nitrogen and oxygen atoms in total. The predicted octanol–water partition coefficient (Wildman–Crippen LogP) is 4.57. The highest BCUT2D eigenvalue weighted by molar-refractivity contribution is 7.22. The molecule has 26 heavy (non-hydrogen) atoms. The van der Waals surface area contributed by atoms with Crippen molar-refractivity contribution >= 4 is 50.5 Å². The summed E-state index contributed by atoms with van der Waals surface area (Å²) in [5.41, 5.74) is 0.175. The Bertz CT molecular complexity index is 784. The number of thiazole rings is 1. The minimum absolute atomic E-state index is 0.351. The van der Waals surface area contributed by atoms with Gasteiger partial charge in [-0.1, -0.05) is 23.5 Å². The summed E-state index contributed by atoms with van der Waals surface area (Å²) in [4.78, 5) is 31.4. The van der Waals surface area contributed by atoms with Crippen LogP contribution in [0.3, 0.4) is 0 Å². The molecule has 3 rings (SSSR count). The number of benzene rings is 1. The zero-order valence-electron chi connectivity index (χ0n) is 15.1. The van der Waals surface area contributed by atoms with E-state index >= 15 is 0 Å². The summed E-state index contributed by atoms with van der Waals surface area (Å²) < 4.78 is 7.44. The maximum atomic E-state index is 13.0. The zero-order valence-corrected chi connectivity index (χ0v) is 16.6. The number of nitrogens with zero attached hydrogens (tertiary/aromatic N) is 3. The van der Waals surface area contributed by atoms with Crippen LogP contribution in [-0.4, -0.2) is 40.1 Å². The first kappa shape index (κ1) is 18.9. The van der Waals surface area contributed by atoms with Gasteiger partial charge in [0.05, 0.1) is 10.2 Å². The molecule has 1 fully saturated rings. The normalized spacial score (nSPS) is 18.0. The van der Waals surface area contributed by atoms with Crippen LogP contribution < -0.4 is 4.42 Å². The SMILES string of the molecule is CC(C)(C)OC(=O)N1CCCCC1C(=O)N(Cl)c1nc2ccccc2s1. The van der Waals surface area contributed by atoms with Crippen LogP contribution in [0.15, 0.2) is 24.3 Å². The average Bonchev–Trinajstić information content (AvgIpc) is 3.03. The van der Waals surface area contributed by atoms with Crippen LogP contribution in [0.2, 0.25) is 0 Å². The highest BCUT2D eigenvalue weighted by atomic mass is 35.5. The van der Waals surface area contributed by atoms with Gasteiger partial charge in [-0.2, -0.15) is 4.42 Å². The van der Waals surface area contributed by atoms with Crippen molar-refractivity contribution in [1.29, 1.82) is 0 Å². The first-order valence-electron chi connectivity index (χ1n) is 8.61. The summed E-state index contributed by atoms with van der Waals surface area (Å²) in [7, 11) is 0. The van der Waals surface area contributed by atoms with Crippen molar-refractivity contribution in [2.45, 2.75) is 51.7 Å². The van der Waals surface area contributed by atoms with Crippen LogP contribution in [0.4, 0.5) is 9.93 Å². The van der Waals surface area contributed by atoms with Gasteiger partial charge in [-0.25, -0.2) is 9.78 Å². The molecule has 8 heteroatoms. The Labute approximate surface area is 161 Å². The van der Waals surface area contributed by atoms with E-state index in [4.69, 9.17) is 16.5 Å². The molecule has 1 aromatic heterocycles. The van der Waals surface area contributed by atoms with Gasteiger partial charge in [0.25, 0.3) is 5.91 Å². The Morgan fingerprint density at radius 2 is 2.04 bits per heavy atom. The van der Waals surface area contributed by atoms with Crippen LogP contribution in [0.25, 0.3) is 10.2 Å². The zero-order chi connectivity index (χ0) is 18.9. The molecule has 140 valence electrons. The number of amides is 2. The third kappa shape index (κ3) is 4.10. The van der Waals surface area contributed by atoms with Gasteiger partial charge < -0.3 is 4.74 Å². The lowest BCUT2D eigenvalue weighted by Crippen LogP contribution is -2.52. The summed E-state index contributed by atoms with van der Waals surface area (Å²) in [6.07, 6.45) is 1.78. The molecule has 0 spiro atoms. The Morgan fingerprint density at radius 1 is 1.31 bits per heavy atom. The highest BCUT2D eigenvalue weighted by Gasteiger charge is 2.37. The fourth-order valence-electron chi connectivity index (χ4n) is 2.90. The molecule has 0 saturated carbocycles. The Hall–Kier alpha value is -1.86. The number of rotatable bonds is 2. The third-order valence-electron chi connectivity index (χ3n) is 4.06. The van der Waals surface area contributed by atoms with Crippen LogP contribution in [-0.2, 0) is 9.53 Å². The first-order chi connectivity index (χ1) is 12.3. The average molecular weight is 396 g/mol. The van der Waals surface area contributed by atoms with E-state index in [1.807, 2.05) is 24.3 Å². The molecule has 1 atom stereocenters. The Kier molecular flexibility index (Phi) is 5.39. The van der Waals surface area contributed by atoms with Gasteiger partial charge in [0.15, 0.2) is 0 Å². The van der Waals surface area contributed by atoms with E-state index in [0.717, 1.165) is 27.5 Å². The number of halogens is 1. The van der Waals surface area contributed by atoms with Gasteiger partial charge in [0.1, 0.15) is 11.6 Å². The quantitative estimate of drug-likeness (QED) is 0.698. The molecule has 0 bridgehead atoms. The number of likely N-dealkylation sites (tertiary alicyclic amines) is 1. The summed E-state index contributed by atoms with van der Waals surface area (Å²) in [5.74, 6) is -0.351. The number of aromatic nitrogens is 1. The fourth-order valence-corrected chi connectivity index (χ4v) is 4.03. The second kappa shape index (κ2) is 7.40. The first-order valence-corrected chi connectivity index (χ1v) is 9.77. The lowest BCUT2D eigenvalue weighted by Gasteiger charge is -2.36. The smallest absolute Gasteiger partial charge is 0.410 e. The maximum Gasteiger partial charge on any atom is 0.410 e. The summed E-state index contributed by atoms with van der Waals surface area (Å²) in [6, 6.07) is 6.97. The molecule has 1 unspecified atom stereocenters. The molecule has 2 amide bonds. The van der Waals surface area contributed by atoms with Gasteiger partial charge in [0, 0.05) is 18.3 Å². The molecule has 1 aromatic carbocycles. The van der Waals surface area contributed by atoms with Gasteiger partial charge in [-0.15, -0.1) is 0 Å².